The summed E-state index contributed by atoms with van der Waals surface area (Å²) in [7, 11) is 2.00. The number of aryl methyl sites for hydroxylation is 1. The van der Waals surface area contributed by atoms with E-state index in [1.807, 2.05) is 25.2 Å². The van der Waals surface area contributed by atoms with Crippen LogP contribution in [-0.2, 0) is 16.6 Å². The summed E-state index contributed by atoms with van der Waals surface area (Å²) in [6, 6.07) is 8.04. The maximum Gasteiger partial charge on any atom is 0.303 e. The van der Waals surface area contributed by atoms with Crippen LogP contribution in [0.4, 0.5) is 0 Å². The van der Waals surface area contributed by atoms with E-state index in [0.717, 1.165) is 49.0 Å². The van der Waals surface area contributed by atoms with Crippen LogP contribution in [0, 0.1) is 23.2 Å². The third-order valence-corrected chi connectivity index (χ3v) is 8.39. The normalized spacial score (nSPS) is 30.2. The van der Waals surface area contributed by atoms with Gasteiger partial charge in [0.1, 0.15) is 0 Å². The third-order valence-electron chi connectivity index (χ3n) is 8.39. The number of hydrogen-bond donors (Lipinski definition) is 1. The van der Waals surface area contributed by atoms with Gasteiger partial charge in [-0.1, -0.05) is 38.8 Å². The average molecular weight is 427 g/mol. The summed E-state index contributed by atoms with van der Waals surface area (Å²) in [6.45, 7) is 6.29. The van der Waals surface area contributed by atoms with E-state index in [-0.39, 0.29) is 23.6 Å². The Bertz CT molecular complexity index is 923. The molecule has 31 heavy (non-hydrogen) atoms. The second-order valence-corrected chi connectivity index (χ2v) is 10.3. The minimum absolute atomic E-state index is 0.109. The molecule has 4 rings (SSSR count). The first-order chi connectivity index (χ1) is 14.8. The number of imidazole rings is 1. The van der Waals surface area contributed by atoms with Crippen molar-refractivity contribution in [2.45, 2.75) is 84.3 Å². The molecule has 0 aliphatic heterocycles. The van der Waals surface area contributed by atoms with Crippen LogP contribution in [0.2, 0.25) is 0 Å². The number of carbonyl (C=O) groups excluding carboxylic acids is 1. The number of rotatable bonds is 7. The van der Waals surface area contributed by atoms with Gasteiger partial charge in [-0.3, -0.25) is 4.79 Å². The first-order valence-electron chi connectivity index (χ1n) is 12.1. The SMILES string of the molecule is CC(=O)OC(CCCC(C)[C@H]1CC[C@H]2[C@@H](O)CCC[C@]12C)c1nc2ccccc2n1C. The van der Waals surface area contributed by atoms with Crippen LogP contribution in [-0.4, -0.2) is 26.7 Å². The first-order valence-corrected chi connectivity index (χ1v) is 12.1. The van der Waals surface area contributed by atoms with Crippen molar-refractivity contribution in [1.82, 2.24) is 9.55 Å². The zero-order valence-electron chi connectivity index (χ0n) is 19.5. The van der Waals surface area contributed by atoms with Gasteiger partial charge in [-0.05, 0) is 73.8 Å². The molecule has 0 bridgehead atoms. The standard InChI is InChI=1S/C26H38N2O3/c1-17(19-14-15-20-23(30)12-8-16-26(19,20)3)9-7-13-24(31-18(2)29)25-27-21-10-5-6-11-22(21)28(25)4/h5-6,10-11,17,19-20,23-24,30H,7-9,12-16H2,1-4H3/t17?,19-,20+,23+,24?,26-/m1/s1. The zero-order chi connectivity index (χ0) is 22.2. The molecule has 0 amide bonds. The second kappa shape index (κ2) is 8.93. The number of ether oxygens (including phenoxy) is 1. The molecule has 2 aliphatic rings. The molecule has 2 aromatic rings. The molecule has 5 nitrogen and oxygen atoms in total. The number of carbonyl (C=O) groups is 1. The number of aromatic nitrogens is 2. The average Bonchev–Trinajstić information content (AvgIpc) is 3.25. The van der Waals surface area contributed by atoms with E-state index in [0.29, 0.717) is 17.8 Å². The Morgan fingerprint density at radius 3 is 2.81 bits per heavy atom. The lowest BCUT2D eigenvalue weighted by Crippen LogP contribution is -2.41. The minimum Gasteiger partial charge on any atom is -0.454 e. The van der Waals surface area contributed by atoms with Gasteiger partial charge in [0, 0.05) is 14.0 Å². The molecule has 2 unspecified atom stereocenters. The van der Waals surface area contributed by atoms with Crippen molar-refractivity contribution in [3.05, 3.63) is 30.1 Å². The van der Waals surface area contributed by atoms with Crippen molar-refractivity contribution in [2.24, 2.45) is 30.2 Å². The van der Waals surface area contributed by atoms with Gasteiger partial charge in [0.15, 0.2) is 11.9 Å². The van der Waals surface area contributed by atoms with Gasteiger partial charge in [-0.25, -0.2) is 4.98 Å². The van der Waals surface area contributed by atoms with E-state index in [4.69, 9.17) is 9.72 Å². The Morgan fingerprint density at radius 2 is 2.06 bits per heavy atom. The molecule has 170 valence electrons. The molecule has 2 aliphatic carbocycles. The van der Waals surface area contributed by atoms with Crippen molar-refractivity contribution in [3.8, 4) is 0 Å². The van der Waals surface area contributed by atoms with Gasteiger partial charge in [0.25, 0.3) is 0 Å². The van der Waals surface area contributed by atoms with E-state index < -0.39 is 0 Å². The fourth-order valence-corrected chi connectivity index (χ4v) is 6.84. The molecule has 1 aromatic carbocycles. The Balaban J connectivity index is 1.42. The topological polar surface area (TPSA) is 64.3 Å². The minimum atomic E-state index is -0.314. The van der Waals surface area contributed by atoms with Gasteiger partial charge in [0.2, 0.25) is 0 Å². The number of benzene rings is 1. The largest absolute Gasteiger partial charge is 0.454 e. The Hall–Kier alpha value is -1.88. The van der Waals surface area contributed by atoms with Gasteiger partial charge < -0.3 is 14.4 Å². The lowest BCUT2D eigenvalue weighted by atomic mass is 9.61. The molecule has 0 saturated heterocycles. The molecule has 5 heteroatoms. The Morgan fingerprint density at radius 1 is 1.29 bits per heavy atom. The maximum absolute atomic E-state index is 11.8. The number of hydrogen-bond acceptors (Lipinski definition) is 4. The Labute approximate surface area is 186 Å². The predicted octanol–water partition coefficient (Wildman–Crippen LogP) is 5.56. The summed E-state index contributed by atoms with van der Waals surface area (Å²) in [6.07, 6.45) is 8.26. The van der Waals surface area contributed by atoms with Crippen LogP contribution < -0.4 is 0 Å². The lowest BCUT2D eigenvalue weighted by Gasteiger charge is -2.45. The fraction of sp³-hybridized carbons (Fsp3) is 0.692. The van der Waals surface area contributed by atoms with Crippen molar-refractivity contribution >= 4 is 17.0 Å². The maximum atomic E-state index is 11.8. The molecule has 0 spiro atoms. The first kappa shape index (κ1) is 22.3. The number of aliphatic hydroxyl groups excluding tert-OH is 1. The van der Waals surface area contributed by atoms with Crippen molar-refractivity contribution in [3.63, 3.8) is 0 Å². The number of esters is 1. The molecule has 6 atom stereocenters. The van der Waals surface area contributed by atoms with Gasteiger partial charge >= 0.3 is 5.97 Å². The summed E-state index contributed by atoms with van der Waals surface area (Å²) >= 11 is 0. The molecule has 2 fully saturated rings. The van der Waals surface area contributed by atoms with E-state index in [9.17, 15) is 9.90 Å². The second-order valence-electron chi connectivity index (χ2n) is 10.3. The lowest BCUT2D eigenvalue weighted by molar-refractivity contribution is -0.147. The van der Waals surface area contributed by atoms with Crippen LogP contribution in [0.3, 0.4) is 0 Å². The highest BCUT2D eigenvalue weighted by atomic mass is 16.5. The summed E-state index contributed by atoms with van der Waals surface area (Å²) in [5.74, 6) is 2.33. The van der Waals surface area contributed by atoms with Crippen LogP contribution in [0.25, 0.3) is 11.0 Å². The molecule has 1 aromatic heterocycles. The number of nitrogens with zero attached hydrogens (tertiary/aromatic N) is 2. The summed E-state index contributed by atoms with van der Waals surface area (Å²) < 4.78 is 7.77. The van der Waals surface area contributed by atoms with Gasteiger partial charge in [0.05, 0.1) is 17.1 Å². The van der Waals surface area contributed by atoms with E-state index in [1.165, 1.54) is 26.2 Å². The highest BCUT2D eigenvalue weighted by Gasteiger charge is 2.52. The number of aliphatic hydroxyl groups is 1. The molecule has 1 N–H and O–H groups in total. The van der Waals surface area contributed by atoms with Crippen molar-refractivity contribution in [1.29, 1.82) is 0 Å². The van der Waals surface area contributed by atoms with Crippen LogP contribution in [0.15, 0.2) is 24.3 Å². The smallest absolute Gasteiger partial charge is 0.303 e. The third kappa shape index (κ3) is 4.26. The zero-order valence-corrected chi connectivity index (χ0v) is 19.5. The van der Waals surface area contributed by atoms with Gasteiger partial charge in [-0.15, -0.1) is 0 Å². The van der Waals surface area contributed by atoms with Crippen LogP contribution in [0.1, 0.15) is 84.1 Å². The number of fused-ring (bicyclic) bond motifs is 2. The summed E-state index contributed by atoms with van der Waals surface area (Å²) in [5, 5.41) is 10.5. The molecular formula is C26H38N2O3. The van der Waals surface area contributed by atoms with Crippen LogP contribution in [0.5, 0.6) is 0 Å². The molecule has 0 radical (unpaired) electrons. The van der Waals surface area contributed by atoms with Gasteiger partial charge in [-0.2, -0.15) is 0 Å². The summed E-state index contributed by atoms with van der Waals surface area (Å²) in [5.41, 5.74) is 2.28. The van der Waals surface area contributed by atoms with Crippen molar-refractivity contribution in [2.75, 3.05) is 0 Å². The number of para-hydroxylation sites is 2. The van der Waals surface area contributed by atoms with E-state index >= 15 is 0 Å². The van der Waals surface area contributed by atoms with Crippen molar-refractivity contribution < 1.29 is 14.6 Å². The monoisotopic (exact) mass is 426 g/mol. The molecular weight excluding hydrogens is 388 g/mol. The van der Waals surface area contributed by atoms with E-state index in [1.54, 1.807) is 0 Å². The van der Waals surface area contributed by atoms with Crippen LogP contribution >= 0.6 is 0 Å². The highest BCUT2D eigenvalue weighted by molar-refractivity contribution is 5.76. The molecule has 1 heterocycles. The quantitative estimate of drug-likeness (QED) is 0.589. The van der Waals surface area contributed by atoms with E-state index in [2.05, 4.69) is 24.5 Å². The summed E-state index contributed by atoms with van der Waals surface area (Å²) in [4.78, 5) is 16.6. The molecule has 2 saturated carbocycles. The predicted molar refractivity (Wildman–Crippen MR) is 122 cm³/mol. The fourth-order valence-electron chi connectivity index (χ4n) is 6.84. The Kier molecular flexibility index (Phi) is 6.43. The highest BCUT2D eigenvalue weighted by Crippen LogP contribution is 2.58.